The molecule has 1 fully saturated rings. The number of piperazine rings is 1. The lowest BCUT2D eigenvalue weighted by Crippen LogP contribution is -2.50. The van der Waals surface area contributed by atoms with E-state index < -0.39 is 11.9 Å². The maximum Gasteiger partial charge on any atom is 0.433 e. The van der Waals surface area contributed by atoms with Gasteiger partial charge < -0.3 is 19.9 Å². The lowest BCUT2D eigenvalue weighted by atomic mass is 10.2. The Labute approximate surface area is 176 Å². The van der Waals surface area contributed by atoms with Crippen molar-refractivity contribution in [3.05, 3.63) is 54.4 Å². The number of methoxy groups -OCH3 is 1. The minimum Gasteiger partial charge on any atom is -0.497 e. The molecule has 10 heteroatoms. The van der Waals surface area contributed by atoms with Crippen LogP contribution in [0.15, 0.2) is 48.7 Å². The van der Waals surface area contributed by atoms with Gasteiger partial charge in [0.15, 0.2) is 0 Å². The zero-order valence-electron chi connectivity index (χ0n) is 16.7. The van der Waals surface area contributed by atoms with Gasteiger partial charge in [-0.3, -0.25) is 0 Å². The van der Waals surface area contributed by atoms with E-state index in [9.17, 15) is 18.0 Å². The monoisotopic (exact) mass is 431 g/mol. The first-order valence-corrected chi connectivity index (χ1v) is 9.63. The Hall–Kier alpha value is -3.56. The first-order valence-electron chi connectivity index (χ1n) is 9.63. The standard InChI is InChI=1S/C21H20F3N5O2/c1-31-15-4-2-3-14(13-15)26-20(30)29-11-9-28(10-12-29)19-16-5-6-18(21(22,23)24)27-17(16)7-8-25-19/h2-8,13H,9-12H2,1H3,(H,26,30). The van der Waals surface area contributed by atoms with Crippen molar-refractivity contribution in [3.8, 4) is 5.75 Å². The number of benzene rings is 1. The minimum absolute atomic E-state index is 0.227. The predicted molar refractivity (Wildman–Crippen MR) is 110 cm³/mol. The van der Waals surface area contributed by atoms with E-state index in [-0.39, 0.29) is 11.5 Å². The number of hydrogen-bond donors (Lipinski definition) is 1. The van der Waals surface area contributed by atoms with E-state index in [0.717, 1.165) is 6.07 Å². The molecule has 1 aliphatic heterocycles. The molecule has 0 spiro atoms. The quantitative estimate of drug-likeness (QED) is 0.679. The van der Waals surface area contributed by atoms with Crippen LogP contribution in [0.1, 0.15) is 5.69 Å². The maximum atomic E-state index is 12.9. The van der Waals surface area contributed by atoms with Crippen molar-refractivity contribution in [2.45, 2.75) is 6.18 Å². The number of ether oxygens (including phenoxy) is 1. The van der Waals surface area contributed by atoms with Crippen molar-refractivity contribution in [2.24, 2.45) is 0 Å². The van der Waals surface area contributed by atoms with Gasteiger partial charge in [-0.2, -0.15) is 13.2 Å². The van der Waals surface area contributed by atoms with Gasteiger partial charge in [0.05, 0.1) is 12.6 Å². The summed E-state index contributed by atoms with van der Waals surface area (Å²) in [5.74, 6) is 1.21. The smallest absolute Gasteiger partial charge is 0.433 e. The molecular weight excluding hydrogens is 411 g/mol. The number of nitrogens with one attached hydrogen (secondary N) is 1. The average Bonchev–Trinajstić information content (AvgIpc) is 2.78. The van der Waals surface area contributed by atoms with Gasteiger partial charge >= 0.3 is 12.2 Å². The fourth-order valence-corrected chi connectivity index (χ4v) is 3.47. The number of pyridine rings is 2. The summed E-state index contributed by atoms with van der Waals surface area (Å²) in [7, 11) is 1.56. The molecule has 0 aliphatic carbocycles. The molecular formula is C21H20F3N5O2. The highest BCUT2D eigenvalue weighted by atomic mass is 19.4. The van der Waals surface area contributed by atoms with Crippen molar-refractivity contribution in [2.75, 3.05) is 43.5 Å². The normalized spacial score (nSPS) is 14.6. The first kappa shape index (κ1) is 20.7. The average molecular weight is 431 g/mol. The van der Waals surface area contributed by atoms with E-state index in [1.807, 2.05) is 4.90 Å². The Bertz CT molecular complexity index is 1100. The molecule has 1 saturated heterocycles. The van der Waals surface area contributed by atoms with E-state index in [4.69, 9.17) is 4.74 Å². The minimum atomic E-state index is -4.50. The summed E-state index contributed by atoms with van der Waals surface area (Å²) in [5, 5.41) is 3.39. The highest BCUT2D eigenvalue weighted by molar-refractivity contribution is 5.91. The largest absolute Gasteiger partial charge is 0.497 e. The van der Waals surface area contributed by atoms with Crippen LogP contribution in [-0.2, 0) is 6.18 Å². The second kappa shape index (κ2) is 8.29. The summed E-state index contributed by atoms with van der Waals surface area (Å²) in [4.78, 5) is 24.3. The van der Waals surface area contributed by atoms with Crippen LogP contribution in [0, 0.1) is 0 Å². The molecule has 2 aromatic heterocycles. The summed E-state index contributed by atoms with van der Waals surface area (Å²) in [6.07, 6.45) is -3.05. The molecule has 7 nitrogen and oxygen atoms in total. The van der Waals surface area contributed by atoms with Crippen LogP contribution in [0.25, 0.3) is 10.9 Å². The van der Waals surface area contributed by atoms with Crippen LogP contribution in [0.2, 0.25) is 0 Å². The zero-order valence-corrected chi connectivity index (χ0v) is 16.7. The summed E-state index contributed by atoms with van der Waals surface area (Å²) >= 11 is 0. The number of urea groups is 1. The van der Waals surface area contributed by atoms with Gasteiger partial charge in [-0.25, -0.2) is 14.8 Å². The predicted octanol–water partition coefficient (Wildman–Crippen LogP) is 4.01. The third kappa shape index (κ3) is 4.47. The van der Waals surface area contributed by atoms with Crippen LogP contribution in [0.3, 0.4) is 0 Å². The summed E-state index contributed by atoms with van der Waals surface area (Å²) in [6.45, 7) is 1.89. The van der Waals surface area contributed by atoms with Gasteiger partial charge in [0.25, 0.3) is 0 Å². The second-order valence-electron chi connectivity index (χ2n) is 7.03. The molecule has 0 radical (unpaired) electrons. The Morgan fingerprint density at radius 2 is 1.87 bits per heavy atom. The van der Waals surface area contributed by atoms with E-state index in [2.05, 4.69) is 15.3 Å². The number of anilines is 2. The van der Waals surface area contributed by atoms with Gasteiger partial charge in [-0.15, -0.1) is 0 Å². The van der Waals surface area contributed by atoms with Gasteiger partial charge in [0.2, 0.25) is 0 Å². The SMILES string of the molecule is COc1cccc(NC(=O)N2CCN(c3nccc4nc(C(F)(F)F)ccc34)CC2)c1. The van der Waals surface area contributed by atoms with Crippen molar-refractivity contribution < 1.29 is 22.7 Å². The lowest BCUT2D eigenvalue weighted by molar-refractivity contribution is -0.140. The van der Waals surface area contributed by atoms with Gasteiger partial charge in [0.1, 0.15) is 17.3 Å². The number of aromatic nitrogens is 2. The molecule has 162 valence electrons. The molecule has 1 aromatic carbocycles. The molecule has 1 aliphatic rings. The van der Waals surface area contributed by atoms with E-state index in [0.29, 0.717) is 48.8 Å². The third-order valence-electron chi connectivity index (χ3n) is 5.07. The Balaban J connectivity index is 1.45. The fraction of sp³-hybridized carbons (Fsp3) is 0.286. The molecule has 3 aromatic rings. The maximum absolute atomic E-state index is 12.9. The van der Waals surface area contributed by atoms with Crippen LogP contribution in [0.4, 0.5) is 29.5 Å². The Kier molecular flexibility index (Phi) is 5.53. The number of alkyl halides is 3. The highest BCUT2D eigenvalue weighted by Gasteiger charge is 2.33. The second-order valence-corrected chi connectivity index (χ2v) is 7.03. The number of hydrogen-bond acceptors (Lipinski definition) is 5. The third-order valence-corrected chi connectivity index (χ3v) is 5.07. The van der Waals surface area contributed by atoms with Crippen LogP contribution >= 0.6 is 0 Å². The zero-order chi connectivity index (χ0) is 22.0. The summed E-state index contributed by atoms with van der Waals surface area (Å²) < 4.78 is 44.0. The van der Waals surface area contributed by atoms with Crippen molar-refractivity contribution in [3.63, 3.8) is 0 Å². The van der Waals surface area contributed by atoms with Crippen LogP contribution in [-0.4, -0.2) is 54.2 Å². The number of amides is 2. The molecule has 2 amide bonds. The molecule has 4 rings (SSSR count). The Morgan fingerprint density at radius 1 is 1.10 bits per heavy atom. The number of carbonyl (C=O) groups is 1. The van der Waals surface area contributed by atoms with Crippen LogP contribution in [0.5, 0.6) is 5.75 Å². The fourth-order valence-electron chi connectivity index (χ4n) is 3.47. The molecule has 0 unspecified atom stereocenters. The molecule has 0 bridgehead atoms. The molecule has 0 saturated carbocycles. The van der Waals surface area contributed by atoms with Gasteiger partial charge in [0, 0.05) is 49.5 Å². The lowest BCUT2D eigenvalue weighted by Gasteiger charge is -2.35. The number of fused-ring (bicyclic) bond motifs is 1. The van der Waals surface area contributed by atoms with Crippen LogP contribution < -0.4 is 15.0 Å². The van der Waals surface area contributed by atoms with Crippen molar-refractivity contribution >= 4 is 28.4 Å². The Morgan fingerprint density at radius 3 is 2.58 bits per heavy atom. The first-order chi connectivity index (χ1) is 14.8. The number of halogens is 3. The number of carbonyl (C=O) groups excluding carboxylic acids is 1. The molecule has 31 heavy (non-hydrogen) atoms. The van der Waals surface area contributed by atoms with Gasteiger partial charge in [-0.1, -0.05) is 6.07 Å². The van der Waals surface area contributed by atoms with Gasteiger partial charge in [-0.05, 0) is 30.3 Å². The topological polar surface area (TPSA) is 70.6 Å². The van der Waals surface area contributed by atoms with E-state index in [1.165, 1.54) is 18.3 Å². The molecule has 1 N–H and O–H groups in total. The molecule has 3 heterocycles. The molecule has 0 atom stereocenters. The van der Waals surface area contributed by atoms with Crippen molar-refractivity contribution in [1.82, 2.24) is 14.9 Å². The number of nitrogens with zero attached hydrogens (tertiary/aromatic N) is 4. The highest BCUT2D eigenvalue weighted by Crippen LogP contribution is 2.31. The van der Waals surface area contributed by atoms with E-state index >= 15 is 0 Å². The van der Waals surface area contributed by atoms with E-state index in [1.54, 1.807) is 36.3 Å². The van der Waals surface area contributed by atoms with Crippen molar-refractivity contribution in [1.29, 1.82) is 0 Å². The number of rotatable bonds is 3. The summed E-state index contributed by atoms with van der Waals surface area (Å²) in [5.41, 5.74) is -0.0664. The summed E-state index contributed by atoms with van der Waals surface area (Å²) in [6, 6.07) is 10.7.